The lowest BCUT2D eigenvalue weighted by atomic mass is 10.2. The van der Waals surface area contributed by atoms with Crippen LogP contribution in [-0.4, -0.2) is 11.2 Å². The van der Waals surface area contributed by atoms with Gasteiger partial charge in [-0.05, 0) is 34.1 Å². The Bertz CT molecular complexity index is 690. The molecule has 0 amide bonds. The molecule has 0 saturated carbocycles. The molecule has 0 N–H and O–H groups in total. The van der Waals surface area contributed by atoms with Crippen LogP contribution in [-0.2, 0) is 0 Å². The van der Waals surface area contributed by atoms with E-state index < -0.39 is 10.7 Å². The zero-order valence-electron chi connectivity index (χ0n) is 9.88. The number of non-ortho nitro benzene ring substituents is 1. The minimum atomic E-state index is -0.729. The molecule has 7 heteroatoms. The predicted molar refractivity (Wildman–Crippen MR) is 72.7 cm³/mol. The smallest absolute Gasteiger partial charge is 0.273 e. The lowest BCUT2D eigenvalue weighted by Crippen LogP contribution is -1.96. The molecule has 0 fully saturated rings. The summed E-state index contributed by atoms with van der Waals surface area (Å²) >= 11 is 3.15. The van der Waals surface area contributed by atoms with E-state index in [9.17, 15) is 19.3 Å². The van der Waals surface area contributed by atoms with Crippen LogP contribution in [0, 0.1) is 15.9 Å². The number of benzene rings is 2. The molecule has 0 aliphatic rings. The summed E-state index contributed by atoms with van der Waals surface area (Å²) in [5.41, 5.74) is -0.185. The number of carbonyl (C=O) groups is 1. The molecule has 0 saturated heterocycles. The third-order valence-electron chi connectivity index (χ3n) is 2.46. The Labute approximate surface area is 121 Å². The van der Waals surface area contributed by atoms with Crippen molar-refractivity contribution in [3.63, 3.8) is 0 Å². The van der Waals surface area contributed by atoms with Crippen molar-refractivity contribution < 1.29 is 18.8 Å². The van der Waals surface area contributed by atoms with Crippen molar-refractivity contribution in [2.45, 2.75) is 0 Å². The fourth-order valence-electron chi connectivity index (χ4n) is 1.52. The van der Waals surface area contributed by atoms with E-state index in [1.54, 1.807) is 0 Å². The van der Waals surface area contributed by atoms with E-state index in [2.05, 4.69) is 15.9 Å². The SMILES string of the molecule is O=Cc1cccc(F)c1Oc1cc([N+](=O)[O-])ccc1Br. The third-order valence-corrected chi connectivity index (χ3v) is 3.12. The monoisotopic (exact) mass is 339 g/mol. The van der Waals surface area contributed by atoms with Crippen LogP contribution in [0.1, 0.15) is 10.4 Å². The molecule has 102 valence electrons. The average Bonchev–Trinajstić information content (AvgIpc) is 2.42. The molecule has 2 aromatic rings. The number of rotatable bonds is 4. The van der Waals surface area contributed by atoms with E-state index in [1.165, 1.54) is 24.3 Å². The van der Waals surface area contributed by atoms with E-state index >= 15 is 0 Å². The fourth-order valence-corrected chi connectivity index (χ4v) is 1.85. The highest BCUT2D eigenvalue weighted by molar-refractivity contribution is 9.10. The van der Waals surface area contributed by atoms with Gasteiger partial charge in [0, 0.05) is 6.07 Å². The van der Waals surface area contributed by atoms with E-state index in [4.69, 9.17) is 4.74 Å². The summed E-state index contributed by atoms with van der Waals surface area (Å²) in [7, 11) is 0. The minimum Gasteiger partial charge on any atom is -0.452 e. The predicted octanol–water partition coefficient (Wildman–Crippen LogP) is 4.10. The van der Waals surface area contributed by atoms with Gasteiger partial charge in [-0.2, -0.15) is 0 Å². The molecule has 2 rings (SSSR count). The second kappa shape index (κ2) is 5.79. The third kappa shape index (κ3) is 2.83. The van der Waals surface area contributed by atoms with Crippen molar-refractivity contribution in [1.82, 2.24) is 0 Å². The van der Waals surface area contributed by atoms with Crippen LogP contribution >= 0.6 is 15.9 Å². The number of nitrogens with zero attached hydrogens (tertiary/aromatic N) is 1. The summed E-state index contributed by atoms with van der Waals surface area (Å²) in [6.45, 7) is 0. The van der Waals surface area contributed by atoms with Gasteiger partial charge in [0.1, 0.15) is 5.75 Å². The molecule has 0 aliphatic heterocycles. The van der Waals surface area contributed by atoms with E-state index in [0.717, 1.165) is 12.1 Å². The van der Waals surface area contributed by atoms with Crippen LogP contribution in [0.2, 0.25) is 0 Å². The maximum atomic E-state index is 13.7. The number of hydrogen-bond donors (Lipinski definition) is 0. The van der Waals surface area contributed by atoms with Gasteiger partial charge in [0.05, 0.1) is 21.0 Å². The van der Waals surface area contributed by atoms with Crippen molar-refractivity contribution in [2.75, 3.05) is 0 Å². The molecule has 0 atom stereocenters. The molecule has 0 unspecified atom stereocenters. The Hall–Kier alpha value is -2.28. The lowest BCUT2D eigenvalue weighted by Gasteiger charge is -2.10. The second-order valence-corrected chi connectivity index (χ2v) is 4.60. The standard InChI is InChI=1S/C13H7BrFNO4/c14-10-5-4-9(16(18)19)6-12(10)20-13-8(7-17)2-1-3-11(13)15/h1-7H. The first-order chi connectivity index (χ1) is 9.52. The Balaban J connectivity index is 2.47. The van der Waals surface area contributed by atoms with Crippen molar-refractivity contribution in [2.24, 2.45) is 0 Å². The first-order valence-corrected chi connectivity index (χ1v) is 6.17. The van der Waals surface area contributed by atoms with Gasteiger partial charge < -0.3 is 4.74 Å². The number of hydrogen-bond acceptors (Lipinski definition) is 4. The highest BCUT2D eigenvalue weighted by Gasteiger charge is 2.15. The average molecular weight is 340 g/mol. The first-order valence-electron chi connectivity index (χ1n) is 5.38. The normalized spacial score (nSPS) is 10.1. The Morgan fingerprint density at radius 2 is 2.05 bits per heavy atom. The van der Waals surface area contributed by atoms with Gasteiger partial charge >= 0.3 is 0 Å². The van der Waals surface area contributed by atoms with E-state index in [-0.39, 0.29) is 22.7 Å². The Morgan fingerprint density at radius 1 is 1.30 bits per heavy atom. The molecule has 5 nitrogen and oxygen atoms in total. The number of ether oxygens (including phenoxy) is 1. The van der Waals surface area contributed by atoms with Crippen molar-refractivity contribution in [3.05, 3.63) is 62.4 Å². The molecular weight excluding hydrogens is 333 g/mol. The van der Waals surface area contributed by atoms with Crippen LogP contribution in [0.3, 0.4) is 0 Å². The molecule has 0 bridgehead atoms. The van der Waals surface area contributed by atoms with Gasteiger partial charge in [-0.1, -0.05) is 6.07 Å². The maximum Gasteiger partial charge on any atom is 0.273 e. The number of nitro benzene ring substituents is 1. The van der Waals surface area contributed by atoms with Gasteiger partial charge in [-0.25, -0.2) is 4.39 Å². The Morgan fingerprint density at radius 3 is 2.70 bits per heavy atom. The number of nitro groups is 1. The molecule has 0 aliphatic carbocycles. The van der Waals surface area contributed by atoms with Gasteiger partial charge in [0.25, 0.3) is 5.69 Å². The highest BCUT2D eigenvalue weighted by atomic mass is 79.9. The number of carbonyl (C=O) groups excluding carboxylic acids is 1. The number of halogens is 2. The van der Waals surface area contributed by atoms with Crippen molar-refractivity contribution in [1.29, 1.82) is 0 Å². The van der Waals surface area contributed by atoms with Crippen LogP contribution in [0.5, 0.6) is 11.5 Å². The van der Waals surface area contributed by atoms with Crippen LogP contribution in [0.4, 0.5) is 10.1 Å². The molecule has 0 radical (unpaired) electrons. The summed E-state index contributed by atoms with van der Waals surface area (Å²) in [6.07, 6.45) is 0.448. The highest BCUT2D eigenvalue weighted by Crippen LogP contribution is 2.35. The Kier molecular flexibility index (Phi) is 4.09. The molecule has 0 spiro atoms. The molecule has 0 heterocycles. The molecule has 0 aromatic heterocycles. The van der Waals surface area contributed by atoms with Gasteiger partial charge in [0.15, 0.2) is 17.9 Å². The first kappa shape index (κ1) is 14.1. The van der Waals surface area contributed by atoms with Gasteiger partial charge in [0.2, 0.25) is 0 Å². The molecule has 2 aromatic carbocycles. The zero-order chi connectivity index (χ0) is 14.7. The lowest BCUT2D eigenvalue weighted by molar-refractivity contribution is -0.384. The summed E-state index contributed by atoms with van der Waals surface area (Å²) in [5, 5.41) is 10.7. The minimum absolute atomic E-state index is 0.0170. The summed E-state index contributed by atoms with van der Waals surface area (Å²) in [6, 6.07) is 7.72. The van der Waals surface area contributed by atoms with Crippen LogP contribution < -0.4 is 4.74 Å². The van der Waals surface area contributed by atoms with Crippen molar-refractivity contribution >= 4 is 27.9 Å². The number of aldehydes is 1. The quantitative estimate of drug-likeness (QED) is 0.477. The van der Waals surface area contributed by atoms with Crippen LogP contribution in [0.25, 0.3) is 0 Å². The van der Waals surface area contributed by atoms with Gasteiger partial charge in [-0.3, -0.25) is 14.9 Å². The molecular formula is C13H7BrFNO4. The van der Waals surface area contributed by atoms with Crippen LogP contribution in [0.15, 0.2) is 40.9 Å². The fraction of sp³-hybridized carbons (Fsp3) is 0. The largest absolute Gasteiger partial charge is 0.452 e. The zero-order valence-corrected chi connectivity index (χ0v) is 11.5. The summed E-state index contributed by atoms with van der Waals surface area (Å²) in [5.74, 6) is -0.955. The van der Waals surface area contributed by atoms with E-state index in [0.29, 0.717) is 10.8 Å². The summed E-state index contributed by atoms with van der Waals surface area (Å²) < 4.78 is 19.4. The second-order valence-electron chi connectivity index (χ2n) is 3.75. The number of para-hydroxylation sites is 1. The van der Waals surface area contributed by atoms with Crippen molar-refractivity contribution in [3.8, 4) is 11.5 Å². The molecule has 20 heavy (non-hydrogen) atoms. The maximum absolute atomic E-state index is 13.7. The van der Waals surface area contributed by atoms with Gasteiger partial charge in [-0.15, -0.1) is 0 Å². The van der Waals surface area contributed by atoms with E-state index in [1.807, 2.05) is 0 Å². The topological polar surface area (TPSA) is 69.4 Å². The summed E-state index contributed by atoms with van der Waals surface area (Å²) in [4.78, 5) is 21.0.